The smallest absolute Gasteiger partial charge is 0.358 e. The van der Waals surface area contributed by atoms with Crippen molar-refractivity contribution in [2.75, 3.05) is 13.7 Å². The maximum absolute atomic E-state index is 13.3. The molecular weight excluding hydrogens is 301 g/mol. The number of ether oxygens (including phenoxy) is 1. The van der Waals surface area contributed by atoms with Gasteiger partial charge in [0, 0.05) is 24.7 Å². The summed E-state index contributed by atoms with van der Waals surface area (Å²) in [6, 6.07) is 5.62. The van der Waals surface area contributed by atoms with Crippen LogP contribution in [-0.4, -0.2) is 40.2 Å². The van der Waals surface area contributed by atoms with Crippen LogP contribution >= 0.6 is 0 Å². The van der Waals surface area contributed by atoms with Crippen molar-refractivity contribution < 1.29 is 18.7 Å². The standard InChI is InChI=1S/C16H16FN3O3/c1-19-13-9-20(15(21)10-4-3-5-11(17)8-10)7-6-12(13)14(18-19)16(22)23-2/h3-5,8H,6-7,9H2,1-2H3. The number of methoxy groups -OCH3 is 1. The summed E-state index contributed by atoms with van der Waals surface area (Å²) in [5, 5.41) is 4.19. The van der Waals surface area contributed by atoms with Crippen LogP contribution in [0.5, 0.6) is 0 Å². The van der Waals surface area contributed by atoms with Crippen LogP contribution in [0.2, 0.25) is 0 Å². The van der Waals surface area contributed by atoms with Crippen molar-refractivity contribution in [1.82, 2.24) is 14.7 Å². The number of benzene rings is 1. The third-order valence-corrected chi connectivity index (χ3v) is 3.98. The summed E-state index contributed by atoms with van der Waals surface area (Å²) in [4.78, 5) is 25.9. The number of rotatable bonds is 2. The number of fused-ring (bicyclic) bond motifs is 1. The third-order valence-electron chi connectivity index (χ3n) is 3.98. The molecule has 2 aromatic rings. The fourth-order valence-corrected chi connectivity index (χ4v) is 2.81. The zero-order valence-corrected chi connectivity index (χ0v) is 12.9. The minimum absolute atomic E-state index is 0.240. The lowest BCUT2D eigenvalue weighted by Crippen LogP contribution is -2.36. The number of nitrogens with zero attached hydrogens (tertiary/aromatic N) is 3. The van der Waals surface area contributed by atoms with E-state index >= 15 is 0 Å². The van der Waals surface area contributed by atoms with E-state index in [0.717, 1.165) is 11.3 Å². The highest BCUT2D eigenvalue weighted by Crippen LogP contribution is 2.24. The number of amides is 1. The van der Waals surface area contributed by atoms with E-state index in [9.17, 15) is 14.0 Å². The van der Waals surface area contributed by atoms with Crippen molar-refractivity contribution in [3.63, 3.8) is 0 Å². The lowest BCUT2D eigenvalue weighted by molar-refractivity contribution is 0.0591. The fraction of sp³-hybridized carbons (Fsp3) is 0.312. The lowest BCUT2D eigenvalue weighted by Gasteiger charge is -2.27. The van der Waals surface area contributed by atoms with Crippen LogP contribution in [0.25, 0.3) is 0 Å². The summed E-state index contributed by atoms with van der Waals surface area (Å²) in [6.45, 7) is 0.767. The van der Waals surface area contributed by atoms with Gasteiger partial charge >= 0.3 is 5.97 Å². The predicted molar refractivity (Wildman–Crippen MR) is 79.4 cm³/mol. The number of aromatic nitrogens is 2. The molecule has 1 aromatic carbocycles. The van der Waals surface area contributed by atoms with E-state index in [4.69, 9.17) is 4.74 Å². The number of hydrogen-bond donors (Lipinski definition) is 0. The van der Waals surface area contributed by atoms with Gasteiger partial charge in [-0.2, -0.15) is 5.10 Å². The second-order valence-corrected chi connectivity index (χ2v) is 5.38. The summed E-state index contributed by atoms with van der Waals surface area (Å²) in [6.07, 6.45) is 0.509. The molecule has 0 N–H and O–H groups in total. The van der Waals surface area contributed by atoms with Crippen LogP contribution in [-0.2, 0) is 24.8 Å². The molecule has 0 atom stereocenters. The largest absolute Gasteiger partial charge is 0.464 e. The molecule has 1 aliphatic heterocycles. The Hall–Kier alpha value is -2.70. The van der Waals surface area contributed by atoms with Gasteiger partial charge in [0.2, 0.25) is 0 Å². The van der Waals surface area contributed by atoms with Gasteiger partial charge in [0.1, 0.15) is 5.82 Å². The molecule has 0 unspecified atom stereocenters. The van der Waals surface area contributed by atoms with Crippen LogP contribution in [0.3, 0.4) is 0 Å². The van der Waals surface area contributed by atoms with E-state index in [1.165, 1.54) is 25.3 Å². The molecule has 7 heteroatoms. The first-order valence-electron chi connectivity index (χ1n) is 7.19. The van der Waals surface area contributed by atoms with Gasteiger partial charge in [-0.05, 0) is 24.6 Å². The van der Waals surface area contributed by atoms with Gasteiger partial charge in [-0.3, -0.25) is 9.48 Å². The summed E-state index contributed by atoms with van der Waals surface area (Å²) >= 11 is 0. The minimum atomic E-state index is -0.480. The Kier molecular flexibility index (Phi) is 3.85. The molecule has 0 bridgehead atoms. The summed E-state index contributed by atoms with van der Waals surface area (Å²) in [7, 11) is 3.04. The summed E-state index contributed by atoms with van der Waals surface area (Å²) < 4.78 is 19.6. The Morgan fingerprint density at radius 3 is 2.83 bits per heavy atom. The molecule has 3 rings (SSSR count). The number of carbonyl (C=O) groups excluding carboxylic acids is 2. The number of esters is 1. The molecule has 23 heavy (non-hydrogen) atoms. The van der Waals surface area contributed by atoms with Gasteiger partial charge in [0.05, 0.1) is 19.3 Å². The van der Waals surface area contributed by atoms with Crippen molar-refractivity contribution in [1.29, 1.82) is 0 Å². The van der Waals surface area contributed by atoms with Crippen LogP contribution in [0.15, 0.2) is 24.3 Å². The van der Waals surface area contributed by atoms with Crippen LogP contribution in [0, 0.1) is 5.82 Å². The molecule has 0 fully saturated rings. The Morgan fingerprint density at radius 1 is 1.35 bits per heavy atom. The molecule has 0 spiro atoms. The Balaban J connectivity index is 1.87. The molecule has 0 saturated carbocycles. The van der Waals surface area contributed by atoms with Gasteiger partial charge in [0.25, 0.3) is 5.91 Å². The molecule has 1 amide bonds. The maximum Gasteiger partial charge on any atom is 0.358 e. The highest BCUT2D eigenvalue weighted by atomic mass is 19.1. The normalized spacial score (nSPS) is 13.6. The van der Waals surface area contributed by atoms with Gasteiger partial charge in [-0.25, -0.2) is 9.18 Å². The zero-order chi connectivity index (χ0) is 16.6. The van der Waals surface area contributed by atoms with Crippen molar-refractivity contribution in [3.8, 4) is 0 Å². The van der Waals surface area contributed by atoms with Crippen molar-refractivity contribution >= 4 is 11.9 Å². The Labute approximate surface area is 132 Å². The highest BCUT2D eigenvalue weighted by molar-refractivity contribution is 5.94. The van der Waals surface area contributed by atoms with Crippen molar-refractivity contribution in [2.45, 2.75) is 13.0 Å². The Morgan fingerprint density at radius 2 is 2.13 bits per heavy atom. The molecule has 1 aliphatic rings. The first-order valence-corrected chi connectivity index (χ1v) is 7.19. The number of carbonyl (C=O) groups is 2. The Bertz CT molecular complexity index is 785. The average Bonchev–Trinajstić information content (AvgIpc) is 2.90. The van der Waals surface area contributed by atoms with E-state index in [1.807, 2.05) is 0 Å². The molecule has 6 nitrogen and oxygen atoms in total. The van der Waals surface area contributed by atoms with E-state index in [2.05, 4.69) is 5.10 Å². The molecule has 120 valence electrons. The molecule has 0 saturated heterocycles. The number of halogens is 1. The zero-order valence-electron chi connectivity index (χ0n) is 12.9. The molecule has 2 heterocycles. The first kappa shape index (κ1) is 15.2. The number of hydrogen-bond acceptors (Lipinski definition) is 4. The SMILES string of the molecule is COC(=O)c1nn(C)c2c1CCN(C(=O)c1cccc(F)c1)C2. The van der Waals surface area contributed by atoms with Crippen molar-refractivity contribution in [2.24, 2.45) is 7.05 Å². The second-order valence-electron chi connectivity index (χ2n) is 5.38. The van der Waals surface area contributed by atoms with E-state index < -0.39 is 11.8 Å². The third kappa shape index (κ3) is 2.69. The van der Waals surface area contributed by atoms with Crippen molar-refractivity contribution in [3.05, 3.63) is 52.6 Å². The van der Waals surface area contributed by atoms with E-state index in [0.29, 0.717) is 30.8 Å². The predicted octanol–water partition coefficient (Wildman–Crippen LogP) is 1.54. The molecule has 0 radical (unpaired) electrons. The molecule has 1 aromatic heterocycles. The van der Waals surface area contributed by atoms with Gasteiger partial charge < -0.3 is 9.64 Å². The lowest BCUT2D eigenvalue weighted by atomic mass is 10.0. The average molecular weight is 317 g/mol. The minimum Gasteiger partial charge on any atom is -0.464 e. The summed E-state index contributed by atoms with van der Waals surface area (Å²) in [5.74, 6) is -1.16. The van der Waals surface area contributed by atoms with E-state index in [-0.39, 0.29) is 5.91 Å². The van der Waals surface area contributed by atoms with Crippen LogP contribution in [0.4, 0.5) is 4.39 Å². The highest BCUT2D eigenvalue weighted by Gasteiger charge is 2.29. The fourth-order valence-electron chi connectivity index (χ4n) is 2.81. The topological polar surface area (TPSA) is 64.4 Å². The van der Waals surface area contributed by atoms with E-state index in [1.54, 1.807) is 22.7 Å². The van der Waals surface area contributed by atoms with Crippen LogP contribution in [0.1, 0.15) is 32.1 Å². The van der Waals surface area contributed by atoms with Gasteiger partial charge in [-0.15, -0.1) is 0 Å². The monoisotopic (exact) mass is 317 g/mol. The van der Waals surface area contributed by atoms with Gasteiger partial charge in [0.15, 0.2) is 5.69 Å². The quantitative estimate of drug-likeness (QED) is 0.788. The number of aryl methyl sites for hydroxylation is 1. The molecule has 0 aliphatic carbocycles. The second kappa shape index (κ2) is 5.83. The van der Waals surface area contributed by atoms with Crippen LogP contribution < -0.4 is 0 Å². The molecular formula is C16H16FN3O3. The maximum atomic E-state index is 13.3. The van der Waals surface area contributed by atoms with Gasteiger partial charge in [-0.1, -0.05) is 6.07 Å². The first-order chi connectivity index (χ1) is 11.0. The summed E-state index contributed by atoms with van der Waals surface area (Å²) in [5.41, 5.74) is 2.20.